The van der Waals surface area contributed by atoms with E-state index in [1.54, 1.807) is 0 Å². The third-order valence-corrected chi connectivity index (χ3v) is 4.05. The zero-order valence-electron chi connectivity index (χ0n) is 12.7. The fourth-order valence-electron chi connectivity index (χ4n) is 2.13. The van der Waals surface area contributed by atoms with Gasteiger partial charge in [-0.05, 0) is 43.0 Å². The number of carbonyl (C=O) groups excluding carboxylic acids is 1. The lowest BCUT2D eigenvalue weighted by molar-refractivity contribution is -0.115. The van der Waals surface area contributed by atoms with Crippen molar-refractivity contribution in [3.05, 3.63) is 65.1 Å². The summed E-state index contributed by atoms with van der Waals surface area (Å²) in [6.07, 6.45) is 1.83. The Balaban J connectivity index is 1.85. The van der Waals surface area contributed by atoms with Crippen molar-refractivity contribution in [3.63, 3.8) is 0 Å². The van der Waals surface area contributed by atoms with Gasteiger partial charge in [-0.3, -0.25) is 4.79 Å². The molecule has 4 nitrogen and oxygen atoms in total. The number of carbonyl (C=O) groups is 1. The van der Waals surface area contributed by atoms with Crippen LogP contribution in [0.1, 0.15) is 12.5 Å². The van der Waals surface area contributed by atoms with Crippen LogP contribution in [0.25, 0.3) is 6.08 Å². The molecule has 5 heteroatoms. The van der Waals surface area contributed by atoms with Crippen molar-refractivity contribution in [3.8, 4) is 5.75 Å². The Bertz CT molecular complexity index is 770. The van der Waals surface area contributed by atoms with Gasteiger partial charge in [-0.1, -0.05) is 36.4 Å². The summed E-state index contributed by atoms with van der Waals surface area (Å²) in [5.74, 6) is 0.625. The maximum Gasteiger partial charge on any atom is 0.264 e. The van der Waals surface area contributed by atoms with Crippen LogP contribution < -0.4 is 10.1 Å². The lowest BCUT2D eigenvalue weighted by Gasteiger charge is -2.06. The molecular weight excluding hydrogens is 308 g/mol. The minimum Gasteiger partial charge on any atom is -0.493 e. The van der Waals surface area contributed by atoms with Gasteiger partial charge in [0.2, 0.25) is 0 Å². The van der Waals surface area contributed by atoms with Crippen molar-refractivity contribution in [1.29, 1.82) is 0 Å². The van der Waals surface area contributed by atoms with E-state index in [9.17, 15) is 4.79 Å². The Kier molecular flexibility index (Phi) is 4.78. The molecule has 0 unspecified atom stereocenters. The van der Waals surface area contributed by atoms with Crippen LogP contribution in [-0.4, -0.2) is 17.7 Å². The van der Waals surface area contributed by atoms with Crippen molar-refractivity contribution in [2.24, 2.45) is 4.99 Å². The van der Waals surface area contributed by atoms with Gasteiger partial charge in [0.1, 0.15) is 5.75 Å². The number of amides is 1. The van der Waals surface area contributed by atoms with Gasteiger partial charge in [-0.2, -0.15) is 0 Å². The highest BCUT2D eigenvalue weighted by Gasteiger charge is 2.24. The molecule has 2 aromatic carbocycles. The fraction of sp³-hybridized carbons (Fsp3) is 0.111. The van der Waals surface area contributed by atoms with Gasteiger partial charge in [0.05, 0.1) is 17.2 Å². The topological polar surface area (TPSA) is 50.7 Å². The van der Waals surface area contributed by atoms with Crippen LogP contribution in [0, 0.1) is 0 Å². The molecule has 1 aliphatic heterocycles. The molecular formula is C18H16N2O2S. The van der Waals surface area contributed by atoms with E-state index in [-0.39, 0.29) is 5.91 Å². The Labute approximate surface area is 139 Å². The van der Waals surface area contributed by atoms with Crippen LogP contribution in [0.15, 0.2) is 64.5 Å². The first-order valence-electron chi connectivity index (χ1n) is 7.32. The largest absolute Gasteiger partial charge is 0.493 e. The van der Waals surface area contributed by atoms with Crippen molar-refractivity contribution < 1.29 is 9.53 Å². The predicted molar refractivity (Wildman–Crippen MR) is 94.9 cm³/mol. The van der Waals surface area contributed by atoms with Gasteiger partial charge in [-0.25, -0.2) is 4.99 Å². The predicted octanol–water partition coefficient (Wildman–Crippen LogP) is 3.98. The molecule has 3 rings (SSSR count). The number of nitrogens with zero attached hydrogens (tertiary/aromatic N) is 1. The maximum absolute atomic E-state index is 12.1. The normalized spacial score (nSPS) is 17.5. The van der Waals surface area contributed by atoms with E-state index < -0.39 is 0 Å². The van der Waals surface area contributed by atoms with E-state index in [2.05, 4.69) is 10.3 Å². The second-order valence-electron chi connectivity index (χ2n) is 4.79. The molecule has 0 bridgehead atoms. The summed E-state index contributed by atoms with van der Waals surface area (Å²) in [5, 5.41) is 3.37. The highest BCUT2D eigenvalue weighted by Crippen LogP contribution is 2.30. The molecule has 1 heterocycles. The standard InChI is InChI=1S/C18H16N2O2S/c1-2-22-15-11-7-6-8-13(15)12-16-17(21)20-18(23-16)19-14-9-4-3-5-10-14/h3-12H,2H2,1H3,(H,19,20,21)/b16-12-. The molecule has 1 amide bonds. The Hall–Kier alpha value is -2.53. The van der Waals surface area contributed by atoms with Crippen LogP contribution in [0.5, 0.6) is 5.75 Å². The average Bonchev–Trinajstić information content (AvgIpc) is 2.90. The minimum absolute atomic E-state index is 0.143. The van der Waals surface area contributed by atoms with E-state index in [4.69, 9.17) is 4.74 Å². The number of ether oxygens (including phenoxy) is 1. The SMILES string of the molecule is CCOc1ccccc1/C=C1\SC(=Nc2ccccc2)NC1=O. The molecule has 0 aliphatic carbocycles. The second-order valence-corrected chi connectivity index (χ2v) is 5.82. The van der Waals surface area contributed by atoms with Crippen molar-refractivity contribution in [2.45, 2.75) is 6.92 Å². The van der Waals surface area contributed by atoms with Gasteiger partial charge in [-0.15, -0.1) is 0 Å². The third kappa shape index (κ3) is 3.81. The van der Waals surface area contributed by atoms with E-state index in [1.807, 2.05) is 67.6 Å². The number of aliphatic imine (C=N–C) groups is 1. The van der Waals surface area contributed by atoms with E-state index in [0.29, 0.717) is 16.7 Å². The monoisotopic (exact) mass is 324 g/mol. The zero-order valence-corrected chi connectivity index (χ0v) is 13.5. The molecule has 116 valence electrons. The third-order valence-electron chi connectivity index (χ3n) is 3.14. The van der Waals surface area contributed by atoms with Crippen LogP contribution in [0.4, 0.5) is 5.69 Å². The smallest absolute Gasteiger partial charge is 0.264 e. The van der Waals surface area contributed by atoms with E-state index in [0.717, 1.165) is 17.0 Å². The Morgan fingerprint density at radius 3 is 2.65 bits per heavy atom. The lowest BCUT2D eigenvalue weighted by Crippen LogP contribution is -2.19. The summed E-state index contributed by atoms with van der Waals surface area (Å²) in [7, 11) is 0. The molecule has 23 heavy (non-hydrogen) atoms. The zero-order chi connectivity index (χ0) is 16.1. The van der Waals surface area contributed by atoms with Gasteiger partial charge < -0.3 is 10.1 Å². The molecule has 1 aliphatic rings. The summed E-state index contributed by atoms with van der Waals surface area (Å²) in [4.78, 5) is 17.2. The van der Waals surface area contributed by atoms with Crippen LogP contribution >= 0.6 is 11.8 Å². The van der Waals surface area contributed by atoms with Gasteiger partial charge in [0, 0.05) is 5.56 Å². The van der Waals surface area contributed by atoms with Gasteiger partial charge in [0.25, 0.3) is 5.91 Å². The van der Waals surface area contributed by atoms with Gasteiger partial charge in [0.15, 0.2) is 5.17 Å². The van der Waals surface area contributed by atoms with Crippen LogP contribution in [-0.2, 0) is 4.79 Å². The number of thioether (sulfide) groups is 1. The number of para-hydroxylation sites is 2. The summed E-state index contributed by atoms with van der Waals surface area (Å²) in [6, 6.07) is 17.2. The highest BCUT2D eigenvalue weighted by molar-refractivity contribution is 8.18. The molecule has 0 saturated carbocycles. The second kappa shape index (κ2) is 7.15. The molecule has 0 spiro atoms. The molecule has 2 aromatic rings. The number of hydrogen-bond acceptors (Lipinski definition) is 4. The Morgan fingerprint density at radius 2 is 1.87 bits per heavy atom. The van der Waals surface area contributed by atoms with E-state index >= 15 is 0 Å². The molecule has 1 fully saturated rings. The van der Waals surface area contributed by atoms with Crippen molar-refractivity contribution in [1.82, 2.24) is 5.32 Å². The summed E-state index contributed by atoms with van der Waals surface area (Å²) in [5.41, 5.74) is 1.69. The molecule has 0 radical (unpaired) electrons. The first-order chi connectivity index (χ1) is 11.3. The number of hydrogen-bond donors (Lipinski definition) is 1. The first kappa shape index (κ1) is 15.4. The molecule has 1 N–H and O–H groups in total. The summed E-state index contributed by atoms with van der Waals surface area (Å²) < 4.78 is 5.59. The average molecular weight is 324 g/mol. The Morgan fingerprint density at radius 1 is 1.13 bits per heavy atom. The number of amidine groups is 1. The number of nitrogens with one attached hydrogen (secondary N) is 1. The van der Waals surface area contributed by atoms with Crippen LogP contribution in [0.3, 0.4) is 0 Å². The quantitative estimate of drug-likeness (QED) is 0.866. The molecule has 1 saturated heterocycles. The molecule has 0 aromatic heterocycles. The highest BCUT2D eigenvalue weighted by atomic mass is 32.2. The lowest BCUT2D eigenvalue weighted by atomic mass is 10.2. The van der Waals surface area contributed by atoms with Crippen molar-refractivity contribution >= 4 is 34.6 Å². The summed E-state index contributed by atoms with van der Waals surface area (Å²) >= 11 is 1.33. The summed E-state index contributed by atoms with van der Waals surface area (Å²) in [6.45, 7) is 2.52. The fourth-order valence-corrected chi connectivity index (χ4v) is 2.96. The molecule has 0 atom stereocenters. The number of rotatable bonds is 4. The minimum atomic E-state index is -0.143. The van der Waals surface area contributed by atoms with Crippen molar-refractivity contribution in [2.75, 3.05) is 6.61 Å². The maximum atomic E-state index is 12.1. The van der Waals surface area contributed by atoms with Gasteiger partial charge >= 0.3 is 0 Å². The van der Waals surface area contributed by atoms with Crippen LogP contribution in [0.2, 0.25) is 0 Å². The van der Waals surface area contributed by atoms with E-state index in [1.165, 1.54) is 11.8 Å². The first-order valence-corrected chi connectivity index (χ1v) is 8.14. The number of benzene rings is 2.